The van der Waals surface area contributed by atoms with Crippen LogP contribution in [0.5, 0.6) is 0 Å². The maximum absolute atomic E-state index is 10.5. The monoisotopic (exact) mass is 145 g/mol. The average Bonchev–Trinajstić information content (AvgIpc) is 1.84. The standard InChI is InChI=1S/C6H11NO3/c1-3(4(2)8)5(7)6(9)10/h3,5H,7H2,1-2H3,(H,9,10). The highest BCUT2D eigenvalue weighted by Crippen LogP contribution is 2.00. The summed E-state index contributed by atoms with van der Waals surface area (Å²) in [4.78, 5) is 20.7. The van der Waals surface area contributed by atoms with Crippen LogP contribution in [0.25, 0.3) is 0 Å². The van der Waals surface area contributed by atoms with Crippen LogP contribution in [0.2, 0.25) is 0 Å². The number of carboxylic acid groups (broad SMARTS) is 1. The van der Waals surface area contributed by atoms with Crippen molar-refractivity contribution in [2.24, 2.45) is 11.7 Å². The first-order chi connectivity index (χ1) is 4.46. The van der Waals surface area contributed by atoms with Crippen molar-refractivity contribution in [1.82, 2.24) is 0 Å². The minimum atomic E-state index is -1.14. The summed E-state index contributed by atoms with van der Waals surface area (Å²) in [5, 5.41) is 8.32. The first-order valence-corrected chi connectivity index (χ1v) is 2.95. The number of ketones is 1. The molecule has 0 amide bonds. The summed E-state index contributed by atoms with van der Waals surface area (Å²) >= 11 is 0. The van der Waals surface area contributed by atoms with E-state index in [1.165, 1.54) is 13.8 Å². The number of rotatable bonds is 3. The van der Waals surface area contributed by atoms with Crippen molar-refractivity contribution in [1.29, 1.82) is 0 Å². The molecule has 10 heavy (non-hydrogen) atoms. The molecule has 58 valence electrons. The van der Waals surface area contributed by atoms with Crippen molar-refractivity contribution in [2.45, 2.75) is 19.9 Å². The molecule has 0 bridgehead atoms. The summed E-state index contributed by atoms with van der Waals surface area (Å²) in [5.41, 5.74) is 5.14. The zero-order chi connectivity index (χ0) is 8.31. The Hall–Kier alpha value is -0.900. The van der Waals surface area contributed by atoms with Crippen LogP contribution in [-0.4, -0.2) is 22.9 Å². The maximum atomic E-state index is 10.5. The lowest BCUT2D eigenvalue weighted by Crippen LogP contribution is -2.39. The number of carbonyl (C=O) groups excluding carboxylic acids is 1. The van der Waals surface area contributed by atoms with Gasteiger partial charge in [0.15, 0.2) is 0 Å². The fourth-order valence-corrected chi connectivity index (χ4v) is 0.467. The van der Waals surface area contributed by atoms with Crippen molar-refractivity contribution in [3.8, 4) is 0 Å². The third kappa shape index (κ3) is 2.14. The predicted octanol–water partition coefficient (Wildman–Crippen LogP) is -0.377. The van der Waals surface area contributed by atoms with Crippen LogP contribution in [-0.2, 0) is 9.59 Å². The molecule has 0 aromatic rings. The summed E-state index contributed by atoms with van der Waals surface area (Å²) in [6, 6.07) is -1.07. The molecule has 0 aromatic heterocycles. The summed E-state index contributed by atoms with van der Waals surface area (Å²) in [7, 11) is 0. The van der Waals surface area contributed by atoms with Gasteiger partial charge in [0.05, 0.1) is 0 Å². The predicted molar refractivity (Wildman–Crippen MR) is 35.5 cm³/mol. The van der Waals surface area contributed by atoms with E-state index in [0.717, 1.165) is 0 Å². The summed E-state index contributed by atoms with van der Waals surface area (Å²) < 4.78 is 0. The molecule has 0 fully saturated rings. The first kappa shape index (κ1) is 9.10. The third-order valence-electron chi connectivity index (χ3n) is 1.47. The molecule has 0 saturated carbocycles. The van der Waals surface area contributed by atoms with Gasteiger partial charge in [-0.2, -0.15) is 0 Å². The molecule has 0 aliphatic rings. The Bertz CT molecular complexity index is 137. The largest absolute Gasteiger partial charge is 0.480 e. The van der Waals surface area contributed by atoms with Gasteiger partial charge in [-0.05, 0) is 6.92 Å². The van der Waals surface area contributed by atoms with Gasteiger partial charge in [0.2, 0.25) is 0 Å². The molecule has 0 heterocycles. The topological polar surface area (TPSA) is 80.4 Å². The molecular weight excluding hydrogens is 134 g/mol. The average molecular weight is 145 g/mol. The Balaban J connectivity index is 4.07. The number of Topliss-reactive ketones (excluding diaryl/α,β-unsaturated/α-hetero) is 1. The minimum absolute atomic E-state index is 0.199. The first-order valence-electron chi connectivity index (χ1n) is 2.95. The lowest BCUT2D eigenvalue weighted by molar-refractivity contribution is -0.141. The minimum Gasteiger partial charge on any atom is -0.480 e. The Morgan fingerprint density at radius 1 is 1.50 bits per heavy atom. The summed E-state index contributed by atoms with van der Waals surface area (Å²) in [5.74, 6) is -1.94. The highest BCUT2D eigenvalue weighted by atomic mass is 16.4. The van der Waals surface area contributed by atoms with E-state index in [4.69, 9.17) is 10.8 Å². The van der Waals surface area contributed by atoms with Gasteiger partial charge in [0.25, 0.3) is 0 Å². The van der Waals surface area contributed by atoms with Gasteiger partial charge in [0, 0.05) is 5.92 Å². The van der Waals surface area contributed by atoms with Gasteiger partial charge < -0.3 is 10.8 Å². The number of hydrogen-bond donors (Lipinski definition) is 2. The normalized spacial score (nSPS) is 15.9. The Morgan fingerprint density at radius 2 is 1.90 bits per heavy atom. The molecular formula is C6H11NO3. The molecule has 2 unspecified atom stereocenters. The molecule has 3 N–H and O–H groups in total. The third-order valence-corrected chi connectivity index (χ3v) is 1.47. The number of carbonyl (C=O) groups is 2. The number of aliphatic carboxylic acids is 1. The van der Waals surface area contributed by atoms with E-state index in [1.54, 1.807) is 0 Å². The van der Waals surface area contributed by atoms with Gasteiger partial charge in [-0.25, -0.2) is 0 Å². The van der Waals surface area contributed by atoms with Crippen molar-refractivity contribution in [3.05, 3.63) is 0 Å². The van der Waals surface area contributed by atoms with E-state index < -0.39 is 17.9 Å². The Kier molecular flexibility index (Phi) is 3.02. The van der Waals surface area contributed by atoms with E-state index >= 15 is 0 Å². The molecule has 4 heteroatoms. The SMILES string of the molecule is CC(=O)C(C)C(N)C(=O)O. The second-order valence-corrected chi connectivity index (χ2v) is 2.26. The van der Waals surface area contributed by atoms with Gasteiger partial charge in [-0.15, -0.1) is 0 Å². The van der Waals surface area contributed by atoms with E-state index in [1.807, 2.05) is 0 Å². The van der Waals surface area contributed by atoms with Crippen molar-refractivity contribution in [3.63, 3.8) is 0 Å². The molecule has 2 atom stereocenters. The number of nitrogens with two attached hydrogens (primary N) is 1. The molecule has 0 rings (SSSR count). The van der Waals surface area contributed by atoms with Crippen molar-refractivity contribution in [2.75, 3.05) is 0 Å². The Labute approximate surface area is 59.0 Å². The maximum Gasteiger partial charge on any atom is 0.321 e. The van der Waals surface area contributed by atoms with Crippen molar-refractivity contribution >= 4 is 11.8 Å². The van der Waals surface area contributed by atoms with Gasteiger partial charge in [-0.1, -0.05) is 6.92 Å². The fourth-order valence-electron chi connectivity index (χ4n) is 0.467. The van der Waals surface area contributed by atoms with Crippen LogP contribution < -0.4 is 5.73 Å². The van der Waals surface area contributed by atoms with E-state index in [9.17, 15) is 9.59 Å². The molecule has 0 spiro atoms. The van der Waals surface area contributed by atoms with Crippen LogP contribution in [0.1, 0.15) is 13.8 Å². The fraction of sp³-hybridized carbons (Fsp3) is 0.667. The Morgan fingerprint density at radius 3 is 2.00 bits per heavy atom. The second-order valence-electron chi connectivity index (χ2n) is 2.26. The van der Waals surface area contributed by atoms with Gasteiger partial charge in [0.1, 0.15) is 11.8 Å². The smallest absolute Gasteiger partial charge is 0.321 e. The lowest BCUT2D eigenvalue weighted by atomic mass is 9.99. The zero-order valence-corrected chi connectivity index (χ0v) is 6.00. The molecule has 4 nitrogen and oxygen atoms in total. The van der Waals surface area contributed by atoms with E-state index in [2.05, 4.69) is 0 Å². The van der Waals surface area contributed by atoms with E-state index in [-0.39, 0.29) is 5.78 Å². The van der Waals surface area contributed by atoms with Crippen LogP contribution >= 0.6 is 0 Å². The van der Waals surface area contributed by atoms with E-state index in [0.29, 0.717) is 0 Å². The molecule has 0 aliphatic heterocycles. The molecule has 0 radical (unpaired) electrons. The summed E-state index contributed by atoms with van der Waals surface area (Å²) in [6.07, 6.45) is 0. The molecule has 0 saturated heterocycles. The summed E-state index contributed by atoms with van der Waals surface area (Å²) in [6.45, 7) is 2.83. The highest BCUT2D eigenvalue weighted by Gasteiger charge is 2.22. The highest BCUT2D eigenvalue weighted by molar-refractivity contribution is 5.85. The second kappa shape index (κ2) is 3.31. The van der Waals surface area contributed by atoms with Crippen LogP contribution in [0.4, 0.5) is 0 Å². The zero-order valence-electron chi connectivity index (χ0n) is 6.00. The number of hydrogen-bond acceptors (Lipinski definition) is 3. The van der Waals surface area contributed by atoms with Crippen LogP contribution in [0.3, 0.4) is 0 Å². The van der Waals surface area contributed by atoms with Gasteiger partial charge >= 0.3 is 5.97 Å². The molecule has 0 aliphatic carbocycles. The molecule has 0 aromatic carbocycles. The van der Waals surface area contributed by atoms with Crippen LogP contribution in [0, 0.1) is 5.92 Å². The van der Waals surface area contributed by atoms with Crippen LogP contribution in [0.15, 0.2) is 0 Å². The quantitative estimate of drug-likeness (QED) is 0.567. The van der Waals surface area contributed by atoms with Crippen molar-refractivity contribution < 1.29 is 14.7 Å². The number of carboxylic acids is 1. The van der Waals surface area contributed by atoms with Gasteiger partial charge in [-0.3, -0.25) is 9.59 Å². The lowest BCUT2D eigenvalue weighted by Gasteiger charge is -2.11.